The summed E-state index contributed by atoms with van der Waals surface area (Å²) in [7, 11) is 0. The van der Waals surface area contributed by atoms with E-state index in [4.69, 9.17) is 0 Å². The Hall–Kier alpha value is -0.500. The van der Waals surface area contributed by atoms with Gasteiger partial charge in [-0.15, -0.1) is 23.5 Å². The molecule has 0 heterocycles. The Kier molecular flexibility index (Phi) is 5.27. The van der Waals surface area contributed by atoms with Gasteiger partial charge in [0.1, 0.15) is 0 Å². The molecule has 1 rings (SSSR count). The van der Waals surface area contributed by atoms with Crippen molar-refractivity contribution in [3.8, 4) is 0 Å². The maximum Gasteiger partial charge on any atom is 0.398 e. The van der Waals surface area contributed by atoms with Gasteiger partial charge < -0.3 is 0 Å². The van der Waals surface area contributed by atoms with Gasteiger partial charge in [0.05, 0.1) is 11.5 Å². The lowest BCUT2D eigenvalue weighted by molar-refractivity contribution is -0.106. The van der Waals surface area contributed by atoms with Crippen LogP contribution in [-0.2, 0) is 0 Å². The average Bonchev–Trinajstić information content (AvgIpc) is 2.23. The quantitative estimate of drug-likeness (QED) is 0.567. The summed E-state index contributed by atoms with van der Waals surface area (Å²) in [6, 6.07) is 5.54. The molecule has 1 aromatic carbocycles. The summed E-state index contributed by atoms with van der Waals surface area (Å²) in [6.45, 7) is 0. The maximum atomic E-state index is 11.9. The Bertz CT molecular complexity index is 330. The Balaban J connectivity index is 2.48. The van der Waals surface area contributed by atoms with Gasteiger partial charge in [0.15, 0.2) is 0 Å². The van der Waals surface area contributed by atoms with Crippen LogP contribution >= 0.6 is 23.5 Å². The van der Waals surface area contributed by atoms with Crippen molar-refractivity contribution in [2.75, 3.05) is 11.5 Å². The number of alkyl halides is 6. The van der Waals surface area contributed by atoms with Gasteiger partial charge >= 0.3 is 12.4 Å². The Morgan fingerprint density at radius 2 is 0.944 bits per heavy atom. The van der Waals surface area contributed by atoms with E-state index in [1.54, 1.807) is 0 Å². The topological polar surface area (TPSA) is 0 Å². The minimum Gasteiger partial charge on any atom is -0.170 e. The second kappa shape index (κ2) is 6.10. The Morgan fingerprint density at radius 1 is 0.667 bits per heavy atom. The van der Waals surface area contributed by atoms with Crippen LogP contribution < -0.4 is 0 Å². The van der Waals surface area contributed by atoms with Crippen LogP contribution in [0.2, 0.25) is 0 Å². The highest BCUT2D eigenvalue weighted by Gasteiger charge is 2.28. The van der Waals surface area contributed by atoms with Crippen molar-refractivity contribution < 1.29 is 26.3 Å². The van der Waals surface area contributed by atoms with Gasteiger partial charge in [0.2, 0.25) is 0 Å². The van der Waals surface area contributed by atoms with Crippen molar-refractivity contribution in [2.24, 2.45) is 0 Å². The van der Waals surface area contributed by atoms with Gasteiger partial charge in [-0.1, -0.05) is 0 Å². The summed E-state index contributed by atoms with van der Waals surface area (Å²) >= 11 is 1.21. The molecule has 0 aliphatic carbocycles. The first kappa shape index (κ1) is 15.6. The predicted molar refractivity (Wildman–Crippen MR) is 60.0 cm³/mol. The molecule has 0 aliphatic heterocycles. The molecule has 0 fully saturated rings. The molecule has 0 saturated heterocycles. The minimum atomic E-state index is -4.26. The van der Waals surface area contributed by atoms with E-state index in [9.17, 15) is 26.3 Å². The van der Waals surface area contributed by atoms with Crippen LogP contribution in [0.25, 0.3) is 0 Å². The molecule has 0 radical (unpaired) electrons. The predicted octanol–water partition coefficient (Wildman–Crippen LogP) is 5.00. The molecule has 18 heavy (non-hydrogen) atoms. The van der Waals surface area contributed by atoms with Crippen molar-refractivity contribution in [3.63, 3.8) is 0 Å². The molecule has 0 aromatic heterocycles. The van der Waals surface area contributed by atoms with Crippen LogP contribution in [0.5, 0.6) is 0 Å². The van der Waals surface area contributed by atoms with Crippen molar-refractivity contribution >= 4 is 23.5 Å². The highest BCUT2D eigenvalue weighted by atomic mass is 32.2. The maximum absolute atomic E-state index is 11.9. The minimum absolute atomic E-state index is 0.378. The lowest BCUT2D eigenvalue weighted by atomic mass is 10.4. The molecule has 102 valence electrons. The molecule has 0 atom stereocenters. The first-order valence-electron chi connectivity index (χ1n) is 4.65. The summed E-state index contributed by atoms with van der Waals surface area (Å²) < 4.78 is 71.5. The summed E-state index contributed by atoms with van der Waals surface area (Å²) in [5.41, 5.74) is 0. The molecule has 0 unspecified atom stereocenters. The summed E-state index contributed by atoms with van der Waals surface area (Å²) in [5.74, 6) is -2.02. The molecular weight excluding hydrogens is 298 g/mol. The number of halogens is 6. The molecule has 0 bridgehead atoms. The zero-order chi connectivity index (χ0) is 13.8. The zero-order valence-corrected chi connectivity index (χ0v) is 10.4. The number of rotatable bonds is 4. The first-order chi connectivity index (χ1) is 8.16. The van der Waals surface area contributed by atoms with Crippen LogP contribution in [0.4, 0.5) is 26.3 Å². The molecule has 0 aliphatic rings. The van der Waals surface area contributed by atoms with Crippen molar-refractivity contribution in [3.05, 3.63) is 24.3 Å². The second-order valence-corrected chi connectivity index (χ2v) is 5.38. The SMILES string of the molecule is FC(F)(F)CSc1ccc(SCC(F)(F)F)cc1. The fourth-order valence-corrected chi connectivity index (χ4v) is 2.28. The van der Waals surface area contributed by atoms with E-state index < -0.39 is 23.9 Å². The van der Waals surface area contributed by atoms with Crippen LogP contribution in [-0.4, -0.2) is 23.9 Å². The highest BCUT2D eigenvalue weighted by molar-refractivity contribution is 7.99. The third-order valence-electron chi connectivity index (χ3n) is 1.63. The third-order valence-corrected chi connectivity index (χ3v) is 3.78. The first-order valence-corrected chi connectivity index (χ1v) is 6.62. The van der Waals surface area contributed by atoms with E-state index >= 15 is 0 Å². The summed E-state index contributed by atoms with van der Waals surface area (Å²) in [4.78, 5) is 0.757. The monoisotopic (exact) mass is 306 g/mol. The van der Waals surface area contributed by atoms with Gasteiger partial charge in [-0.2, -0.15) is 26.3 Å². The van der Waals surface area contributed by atoms with E-state index in [0.29, 0.717) is 33.3 Å². The Labute approximate surface area is 108 Å². The number of hydrogen-bond acceptors (Lipinski definition) is 2. The average molecular weight is 306 g/mol. The second-order valence-electron chi connectivity index (χ2n) is 3.28. The standard InChI is InChI=1S/C10H8F6S2/c11-9(12,13)5-17-7-1-2-8(4-3-7)18-6-10(14,15)16/h1-4H,5-6H2. The van der Waals surface area contributed by atoms with Gasteiger partial charge in [-0.3, -0.25) is 0 Å². The van der Waals surface area contributed by atoms with E-state index in [-0.39, 0.29) is 0 Å². The largest absolute Gasteiger partial charge is 0.398 e. The number of hydrogen-bond donors (Lipinski definition) is 0. The van der Waals surface area contributed by atoms with Gasteiger partial charge in [-0.25, -0.2) is 0 Å². The lowest BCUT2D eigenvalue weighted by Gasteiger charge is -2.08. The van der Waals surface area contributed by atoms with Crippen LogP contribution in [0.15, 0.2) is 34.1 Å². The van der Waals surface area contributed by atoms with Gasteiger partial charge in [0.25, 0.3) is 0 Å². The zero-order valence-electron chi connectivity index (χ0n) is 8.81. The molecular formula is C10H8F6S2. The fourth-order valence-electron chi connectivity index (χ4n) is 0.962. The molecule has 0 nitrogen and oxygen atoms in total. The molecule has 0 N–H and O–H groups in total. The fraction of sp³-hybridized carbons (Fsp3) is 0.400. The molecule has 0 saturated carbocycles. The van der Waals surface area contributed by atoms with E-state index in [2.05, 4.69) is 0 Å². The number of benzene rings is 1. The summed E-state index contributed by atoms with van der Waals surface area (Å²) in [5, 5.41) is 0. The smallest absolute Gasteiger partial charge is 0.170 e. The molecule has 8 heteroatoms. The van der Waals surface area contributed by atoms with Gasteiger partial charge in [-0.05, 0) is 24.3 Å². The van der Waals surface area contributed by atoms with Crippen molar-refractivity contribution in [1.82, 2.24) is 0 Å². The Morgan fingerprint density at radius 3 is 1.17 bits per heavy atom. The third kappa shape index (κ3) is 7.05. The molecule has 1 aromatic rings. The lowest BCUT2D eigenvalue weighted by Crippen LogP contribution is -2.10. The van der Waals surface area contributed by atoms with Crippen molar-refractivity contribution in [1.29, 1.82) is 0 Å². The highest BCUT2D eigenvalue weighted by Crippen LogP contribution is 2.31. The van der Waals surface area contributed by atoms with Crippen molar-refractivity contribution in [2.45, 2.75) is 22.1 Å². The van der Waals surface area contributed by atoms with Crippen LogP contribution in [0.3, 0.4) is 0 Å². The normalized spacial score (nSPS) is 12.8. The molecule has 0 amide bonds. The molecule has 0 spiro atoms. The van der Waals surface area contributed by atoms with Crippen LogP contribution in [0, 0.1) is 0 Å². The van der Waals surface area contributed by atoms with E-state index in [1.165, 1.54) is 24.3 Å². The van der Waals surface area contributed by atoms with Crippen LogP contribution in [0.1, 0.15) is 0 Å². The van der Waals surface area contributed by atoms with E-state index in [0.717, 1.165) is 0 Å². The van der Waals surface area contributed by atoms with Gasteiger partial charge in [0, 0.05) is 9.79 Å². The van der Waals surface area contributed by atoms with E-state index in [1.807, 2.05) is 0 Å². The summed E-state index contributed by atoms with van der Waals surface area (Å²) in [6.07, 6.45) is -8.51. The number of thioether (sulfide) groups is 2.